The van der Waals surface area contributed by atoms with Gasteiger partial charge in [0, 0.05) is 29.2 Å². The van der Waals surface area contributed by atoms with Crippen molar-refractivity contribution in [1.29, 1.82) is 0 Å². The third kappa shape index (κ3) is 4.41. The van der Waals surface area contributed by atoms with Crippen LogP contribution in [0, 0.1) is 0 Å². The van der Waals surface area contributed by atoms with Gasteiger partial charge in [0.1, 0.15) is 11.1 Å². The molecule has 12 heteroatoms. The van der Waals surface area contributed by atoms with Crippen LogP contribution in [0.25, 0.3) is 0 Å². The highest BCUT2D eigenvalue weighted by molar-refractivity contribution is 6.07. The molecule has 35 heavy (non-hydrogen) atoms. The number of nitrogens with zero attached hydrogens (tertiary/aromatic N) is 3. The molecule has 0 unspecified atom stereocenters. The van der Waals surface area contributed by atoms with Crippen LogP contribution >= 0.6 is 0 Å². The van der Waals surface area contributed by atoms with Crippen molar-refractivity contribution in [2.24, 2.45) is 0 Å². The second kappa shape index (κ2) is 7.86. The van der Waals surface area contributed by atoms with Gasteiger partial charge in [-0.2, -0.15) is 10.1 Å². The number of hydrogen-bond acceptors (Lipinski definition) is 8. The lowest BCUT2D eigenvalue weighted by atomic mass is 9.70. The number of hydrogen-bond donors (Lipinski definition) is 5. The number of imide groups is 2. The molecule has 2 spiro atoms. The lowest BCUT2D eigenvalue weighted by Crippen LogP contribution is -2.68. The average molecular weight is 497 g/mol. The van der Waals surface area contributed by atoms with E-state index in [0.29, 0.717) is 25.7 Å². The maximum Gasteiger partial charge on any atom is 0.324 e. The van der Waals surface area contributed by atoms with Gasteiger partial charge in [-0.05, 0) is 81.1 Å². The number of likely N-dealkylation sites (N-methyl/N-ethyl adjacent to an activating group) is 1. The van der Waals surface area contributed by atoms with Crippen molar-refractivity contribution in [3.63, 3.8) is 0 Å². The molecule has 4 rings (SSSR count). The molecule has 4 aliphatic rings. The molecular weight excluding hydrogens is 456 g/mol. The van der Waals surface area contributed by atoms with Gasteiger partial charge < -0.3 is 21.0 Å². The highest BCUT2D eigenvalue weighted by atomic mass is 16.5. The van der Waals surface area contributed by atoms with E-state index in [0.717, 1.165) is 4.90 Å². The molecular formula is C23H40N6O6. The molecule has 0 aromatic rings. The van der Waals surface area contributed by atoms with Crippen LogP contribution in [0.4, 0.5) is 9.59 Å². The number of urea groups is 2. The van der Waals surface area contributed by atoms with E-state index in [-0.39, 0.29) is 17.8 Å². The summed E-state index contributed by atoms with van der Waals surface area (Å²) >= 11 is 0. The van der Waals surface area contributed by atoms with E-state index in [9.17, 15) is 29.6 Å². The van der Waals surface area contributed by atoms with Crippen LogP contribution in [-0.4, -0.2) is 89.6 Å². The average Bonchev–Trinajstić information content (AvgIpc) is 3.04. The Kier molecular flexibility index (Phi) is 6.13. The summed E-state index contributed by atoms with van der Waals surface area (Å²) in [7, 11) is 1.48. The van der Waals surface area contributed by atoms with Crippen LogP contribution in [0.3, 0.4) is 0 Å². The molecule has 0 radical (unpaired) electrons. The van der Waals surface area contributed by atoms with Crippen molar-refractivity contribution >= 4 is 23.9 Å². The maximum atomic E-state index is 12.3. The van der Waals surface area contributed by atoms with Crippen LogP contribution in [0.5, 0.6) is 0 Å². The first-order valence-corrected chi connectivity index (χ1v) is 11.8. The summed E-state index contributed by atoms with van der Waals surface area (Å²) < 4.78 is 0. The smallest absolute Gasteiger partial charge is 0.323 e. The van der Waals surface area contributed by atoms with Crippen LogP contribution in [0.15, 0.2) is 0 Å². The van der Waals surface area contributed by atoms with Gasteiger partial charge in [0.05, 0.1) is 0 Å². The molecule has 0 aromatic carbocycles. The summed E-state index contributed by atoms with van der Waals surface area (Å²) in [5.74, 6) is -0.501. The van der Waals surface area contributed by atoms with Gasteiger partial charge in [-0.25, -0.2) is 9.59 Å². The fourth-order valence-electron chi connectivity index (χ4n) is 6.79. The van der Waals surface area contributed by atoms with Gasteiger partial charge in [-0.15, -0.1) is 0 Å². The topological polar surface area (TPSA) is 155 Å². The second-order valence-corrected chi connectivity index (χ2v) is 12.9. The molecule has 4 heterocycles. The zero-order valence-corrected chi connectivity index (χ0v) is 22.2. The molecule has 4 aliphatic heterocycles. The highest BCUT2D eigenvalue weighted by Gasteiger charge is 2.61. The van der Waals surface area contributed by atoms with E-state index in [4.69, 9.17) is 0 Å². The predicted molar refractivity (Wildman–Crippen MR) is 125 cm³/mol. The molecule has 6 amide bonds. The van der Waals surface area contributed by atoms with Crippen molar-refractivity contribution in [2.75, 3.05) is 7.05 Å². The van der Waals surface area contributed by atoms with Crippen molar-refractivity contribution in [3.05, 3.63) is 0 Å². The van der Waals surface area contributed by atoms with Gasteiger partial charge in [0.15, 0.2) is 0 Å². The third-order valence-corrected chi connectivity index (χ3v) is 7.61. The number of piperidine rings is 2. The zero-order chi connectivity index (χ0) is 27.0. The van der Waals surface area contributed by atoms with E-state index in [1.807, 2.05) is 55.4 Å². The third-order valence-electron chi connectivity index (χ3n) is 7.61. The highest BCUT2D eigenvalue weighted by Crippen LogP contribution is 2.45. The lowest BCUT2D eigenvalue weighted by molar-refractivity contribution is -0.253. The van der Waals surface area contributed by atoms with Crippen molar-refractivity contribution in [3.8, 4) is 0 Å². The van der Waals surface area contributed by atoms with E-state index >= 15 is 0 Å². The van der Waals surface area contributed by atoms with Gasteiger partial charge in [0.25, 0.3) is 11.8 Å². The quantitative estimate of drug-likeness (QED) is 0.317. The molecule has 0 aliphatic carbocycles. The number of amides is 6. The maximum absolute atomic E-state index is 12.3. The number of carbonyl (C=O) groups is 4. The molecule has 5 N–H and O–H groups in total. The molecule has 4 saturated heterocycles. The number of nitrogens with one attached hydrogen (secondary N) is 3. The van der Waals surface area contributed by atoms with Crippen LogP contribution in [0.1, 0.15) is 81.1 Å². The van der Waals surface area contributed by atoms with Crippen molar-refractivity contribution in [2.45, 2.75) is 114 Å². The molecule has 0 aromatic heterocycles. The molecule has 0 saturated carbocycles. The number of rotatable bonds is 0. The standard InChI is InChI=1S/C12H21N3O3.C11H19N3O3/c1-10(2)6-12(7-11(3,4)15(10)18)8(16)14(5)9(17)13-12;1-9(2)5-11(6-10(3,4)14(9)17)7(15)12-8(16)13-11/h18H,6-7H2,1-5H3,(H,13,17);17H,5-6H2,1-4H3,(H2,12,13,15,16). The molecule has 198 valence electrons. The molecule has 0 atom stereocenters. The molecule has 4 fully saturated rings. The Bertz CT molecular complexity index is 922. The SMILES string of the molecule is CC1(C)CC2(CC(C)(C)N1O)NC(=O)NC2=O.CN1C(=O)NC2(CC(C)(C)N(O)C(C)(C)C2)C1=O. The van der Waals surface area contributed by atoms with E-state index in [2.05, 4.69) is 16.0 Å². The molecule has 0 bridgehead atoms. The summed E-state index contributed by atoms with van der Waals surface area (Å²) in [6.45, 7) is 14.9. The monoisotopic (exact) mass is 496 g/mol. The van der Waals surface area contributed by atoms with E-state index in [1.54, 1.807) is 0 Å². The molecule has 12 nitrogen and oxygen atoms in total. The van der Waals surface area contributed by atoms with Gasteiger partial charge in [-0.1, -0.05) is 0 Å². The van der Waals surface area contributed by atoms with Crippen LogP contribution < -0.4 is 16.0 Å². The number of carbonyl (C=O) groups excluding carboxylic acids is 4. The van der Waals surface area contributed by atoms with Crippen molar-refractivity contribution in [1.82, 2.24) is 31.0 Å². The fourth-order valence-corrected chi connectivity index (χ4v) is 6.79. The summed E-state index contributed by atoms with van der Waals surface area (Å²) in [5, 5.41) is 30.7. The largest absolute Gasteiger partial charge is 0.324 e. The zero-order valence-electron chi connectivity index (χ0n) is 22.2. The Hall–Kier alpha value is -2.28. The Morgan fingerprint density at radius 2 is 1.03 bits per heavy atom. The Morgan fingerprint density at radius 1 is 0.657 bits per heavy atom. The first kappa shape index (κ1) is 27.3. The van der Waals surface area contributed by atoms with E-state index < -0.39 is 39.3 Å². The normalized spacial score (nSPS) is 30.0. The van der Waals surface area contributed by atoms with E-state index in [1.165, 1.54) is 17.2 Å². The summed E-state index contributed by atoms with van der Waals surface area (Å²) in [6.07, 6.45) is 1.57. The minimum absolute atomic E-state index is 0.207. The minimum atomic E-state index is -0.899. The van der Waals surface area contributed by atoms with Crippen molar-refractivity contribution < 1.29 is 29.6 Å². The first-order valence-electron chi connectivity index (χ1n) is 11.8. The predicted octanol–water partition coefficient (Wildman–Crippen LogP) is 1.56. The summed E-state index contributed by atoms with van der Waals surface area (Å²) in [4.78, 5) is 48.4. The Balaban J connectivity index is 0.000000196. The second-order valence-electron chi connectivity index (χ2n) is 12.9. The number of hydroxylamine groups is 4. The summed E-state index contributed by atoms with van der Waals surface area (Å²) in [5.41, 5.74) is -4.08. The Labute approximate surface area is 206 Å². The Morgan fingerprint density at radius 3 is 1.31 bits per heavy atom. The fraction of sp³-hybridized carbons (Fsp3) is 0.826. The van der Waals surface area contributed by atoms with Gasteiger partial charge in [-0.3, -0.25) is 19.8 Å². The van der Waals surface area contributed by atoms with Crippen LogP contribution in [0.2, 0.25) is 0 Å². The first-order chi connectivity index (χ1) is 15.6. The van der Waals surface area contributed by atoms with Crippen LogP contribution in [-0.2, 0) is 9.59 Å². The minimum Gasteiger partial charge on any atom is -0.323 e. The van der Waals surface area contributed by atoms with Gasteiger partial charge >= 0.3 is 12.1 Å². The summed E-state index contributed by atoms with van der Waals surface area (Å²) in [6, 6.07) is -0.814. The van der Waals surface area contributed by atoms with Gasteiger partial charge in [0.2, 0.25) is 0 Å². The lowest BCUT2D eigenvalue weighted by Gasteiger charge is -2.54.